The average molecular weight is 327 g/mol. The zero-order chi connectivity index (χ0) is 15.3. The maximum Gasteiger partial charge on any atom is 0.221 e. The highest BCUT2D eigenvalue weighted by Gasteiger charge is 2.23. The van der Waals surface area contributed by atoms with Crippen LogP contribution in [-0.4, -0.2) is 38.3 Å². The van der Waals surface area contributed by atoms with Gasteiger partial charge in [-0.3, -0.25) is 4.79 Å². The van der Waals surface area contributed by atoms with Gasteiger partial charge in [-0.15, -0.1) is 12.4 Å². The summed E-state index contributed by atoms with van der Waals surface area (Å²) in [4.78, 5) is 12.0. The van der Waals surface area contributed by atoms with E-state index in [0.717, 1.165) is 13.2 Å². The summed E-state index contributed by atoms with van der Waals surface area (Å²) in [6.45, 7) is 9.23. The van der Waals surface area contributed by atoms with Gasteiger partial charge in [-0.25, -0.2) is 0 Å². The number of halogens is 1. The molecule has 0 aromatic heterocycles. The highest BCUT2D eigenvalue weighted by atomic mass is 35.5. The summed E-state index contributed by atoms with van der Waals surface area (Å²) in [6.07, 6.45) is 0.476. The number of carbonyl (C=O) groups is 1. The van der Waals surface area contributed by atoms with Crippen LogP contribution in [0.5, 0.6) is 0 Å². The highest BCUT2D eigenvalue weighted by Crippen LogP contribution is 2.23. The number of hydrogen-bond donors (Lipinski definition) is 2. The van der Waals surface area contributed by atoms with Crippen molar-refractivity contribution in [2.75, 3.05) is 26.3 Å². The molecule has 2 N–H and O–H groups in total. The Bertz CT molecular complexity index is 485. The van der Waals surface area contributed by atoms with E-state index in [4.69, 9.17) is 4.74 Å². The van der Waals surface area contributed by atoms with E-state index in [1.165, 1.54) is 11.1 Å². The van der Waals surface area contributed by atoms with E-state index in [9.17, 15) is 4.79 Å². The number of ether oxygens (including phenoxy) is 1. The van der Waals surface area contributed by atoms with Crippen LogP contribution in [0, 0.1) is 6.92 Å². The molecule has 2 rings (SSSR count). The van der Waals surface area contributed by atoms with Crippen LogP contribution in [0.4, 0.5) is 0 Å². The third-order valence-corrected chi connectivity index (χ3v) is 3.96. The van der Waals surface area contributed by atoms with Crippen LogP contribution in [0.3, 0.4) is 0 Å². The highest BCUT2D eigenvalue weighted by molar-refractivity contribution is 5.85. The zero-order valence-corrected chi connectivity index (χ0v) is 14.5. The van der Waals surface area contributed by atoms with E-state index >= 15 is 0 Å². The van der Waals surface area contributed by atoms with Gasteiger partial charge in [0.1, 0.15) is 0 Å². The van der Waals surface area contributed by atoms with Crippen LogP contribution in [0.25, 0.3) is 0 Å². The molecule has 1 fully saturated rings. The van der Waals surface area contributed by atoms with Crippen LogP contribution in [-0.2, 0) is 14.9 Å². The lowest BCUT2D eigenvalue weighted by atomic mass is 9.84. The summed E-state index contributed by atoms with van der Waals surface area (Å²) >= 11 is 0. The van der Waals surface area contributed by atoms with E-state index < -0.39 is 0 Å². The molecule has 4 nitrogen and oxygen atoms in total. The summed E-state index contributed by atoms with van der Waals surface area (Å²) in [5, 5.41) is 6.35. The minimum Gasteiger partial charge on any atom is -0.378 e. The maximum absolute atomic E-state index is 12.0. The summed E-state index contributed by atoms with van der Waals surface area (Å²) in [6, 6.07) is 8.60. The zero-order valence-electron chi connectivity index (χ0n) is 13.6. The van der Waals surface area contributed by atoms with Gasteiger partial charge in [0.05, 0.1) is 13.2 Å². The Morgan fingerprint density at radius 3 is 2.86 bits per heavy atom. The first-order valence-corrected chi connectivity index (χ1v) is 7.62. The molecule has 1 atom stereocenters. The third kappa shape index (κ3) is 5.59. The molecule has 0 aliphatic carbocycles. The van der Waals surface area contributed by atoms with Crippen molar-refractivity contribution in [3.05, 3.63) is 35.4 Å². The van der Waals surface area contributed by atoms with Crippen molar-refractivity contribution >= 4 is 18.3 Å². The van der Waals surface area contributed by atoms with E-state index in [1.807, 2.05) is 0 Å². The molecule has 0 saturated carbocycles. The normalized spacial score (nSPS) is 18.4. The molecule has 1 aromatic carbocycles. The number of aryl methyl sites for hydroxylation is 1. The predicted molar refractivity (Wildman–Crippen MR) is 91.7 cm³/mol. The quantitative estimate of drug-likeness (QED) is 0.872. The van der Waals surface area contributed by atoms with Crippen molar-refractivity contribution in [3.63, 3.8) is 0 Å². The Morgan fingerprint density at radius 2 is 2.23 bits per heavy atom. The second-order valence-electron chi connectivity index (χ2n) is 6.46. The number of nitrogens with one attached hydrogen (secondary N) is 2. The third-order valence-electron chi connectivity index (χ3n) is 3.96. The average Bonchev–Trinajstić information content (AvgIpc) is 2.46. The van der Waals surface area contributed by atoms with Crippen LogP contribution in [0.2, 0.25) is 0 Å². The smallest absolute Gasteiger partial charge is 0.221 e. The van der Waals surface area contributed by atoms with Crippen molar-refractivity contribution in [3.8, 4) is 0 Å². The van der Waals surface area contributed by atoms with E-state index in [0.29, 0.717) is 19.6 Å². The van der Waals surface area contributed by atoms with Gasteiger partial charge in [0.2, 0.25) is 5.91 Å². The predicted octanol–water partition coefficient (Wildman–Crippen LogP) is 2.19. The lowest BCUT2D eigenvalue weighted by molar-refractivity contribution is -0.122. The Morgan fingerprint density at radius 1 is 1.45 bits per heavy atom. The molecule has 0 spiro atoms. The first kappa shape index (κ1) is 18.9. The SMILES string of the molecule is Cc1cccc(C(C)(C)CNC(=O)CC2COCCN2)c1.Cl. The molecule has 1 aliphatic heterocycles. The van der Waals surface area contributed by atoms with Gasteiger partial charge in [0, 0.05) is 31.0 Å². The van der Waals surface area contributed by atoms with Crippen molar-refractivity contribution < 1.29 is 9.53 Å². The van der Waals surface area contributed by atoms with Gasteiger partial charge in [0.15, 0.2) is 0 Å². The first-order valence-electron chi connectivity index (χ1n) is 7.62. The molecule has 1 heterocycles. The number of morpholine rings is 1. The standard InChI is InChI=1S/C17H26N2O2.ClH/c1-13-5-4-6-14(9-13)17(2,3)12-19-16(20)10-15-11-21-8-7-18-15;/h4-6,9,15,18H,7-8,10-12H2,1-3H3,(H,19,20);1H. The first-order chi connectivity index (χ1) is 9.97. The molecule has 1 aromatic rings. The second kappa shape index (κ2) is 8.51. The van der Waals surface area contributed by atoms with E-state index in [2.05, 4.69) is 55.7 Å². The number of hydrogen-bond acceptors (Lipinski definition) is 3. The van der Waals surface area contributed by atoms with E-state index in [1.54, 1.807) is 0 Å². The van der Waals surface area contributed by atoms with Crippen LogP contribution >= 0.6 is 12.4 Å². The van der Waals surface area contributed by atoms with Gasteiger partial charge < -0.3 is 15.4 Å². The maximum atomic E-state index is 12.0. The van der Waals surface area contributed by atoms with Crippen LogP contribution in [0.15, 0.2) is 24.3 Å². The fourth-order valence-corrected chi connectivity index (χ4v) is 2.53. The Hall–Kier alpha value is -1.10. The molecule has 0 radical (unpaired) electrons. The number of benzene rings is 1. The van der Waals surface area contributed by atoms with Gasteiger partial charge in [0.25, 0.3) is 0 Å². The Balaban J connectivity index is 0.00000242. The van der Waals surface area contributed by atoms with Crippen LogP contribution < -0.4 is 10.6 Å². The summed E-state index contributed by atoms with van der Waals surface area (Å²) < 4.78 is 5.37. The molecule has 1 amide bonds. The molecule has 1 unspecified atom stereocenters. The molecule has 1 aliphatic rings. The number of amides is 1. The van der Waals surface area contributed by atoms with Crippen molar-refractivity contribution in [1.82, 2.24) is 10.6 Å². The summed E-state index contributed by atoms with van der Waals surface area (Å²) in [5.74, 6) is 0.0822. The minimum atomic E-state index is -0.0713. The lowest BCUT2D eigenvalue weighted by Crippen LogP contribution is -2.45. The lowest BCUT2D eigenvalue weighted by Gasteiger charge is -2.27. The van der Waals surface area contributed by atoms with Crippen LogP contribution in [0.1, 0.15) is 31.4 Å². The minimum absolute atomic E-state index is 0. The summed E-state index contributed by atoms with van der Waals surface area (Å²) in [5.41, 5.74) is 2.43. The van der Waals surface area contributed by atoms with E-state index in [-0.39, 0.29) is 29.8 Å². The topological polar surface area (TPSA) is 50.4 Å². The number of carbonyl (C=O) groups excluding carboxylic acids is 1. The van der Waals surface area contributed by atoms with Crippen molar-refractivity contribution in [2.45, 2.75) is 38.6 Å². The Kier molecular flexibility index (Phi) is 7.33. The van der Waals surface area contributed by atoms with Gasteiger partial charge >= 0.3 is 0 Å². The van der Waals surface area contributed by atoms with Crippen molar-refractivity contribution in [1.29, 1.82) is 0 Å². The fourth-order valence-electron chi connectivity index (χ4n) is 2.53. The molecule has 22 heavy (non-hydrogen) atoms. The molecule has 1 saturated heterocycles. The second-order valence-corrected chi connectivity index (χ2v) is 6.46. The van der Waals surface area contributed by atoms with Gasteiger partial charge in [-0.05, 0) is 12.5 Å². The Labute approximate surface area is 139 Å². The van der Waals surface area contributed by atoms with Gasteiger partial charge in [-0.1, -0.05) is 43.7 Å². The monoisotopic (exact) mass is 326 g/mol. The van der Waals surface area contributed by atoms with Gasteiger partial charge in [-0.2, -0.15) is 0 Å². The molecule has 0 bridgehead atoms. The fraction of sp³-hybridized carbons (Fsp3) is 0.588. The largest absolute Gasteiger partial charge is 0.378 e. The summed E-state index contributed by atoms with van der Waals surface area (Å²) in [7, 11) is 0. The molecular weight excluding hydrogens is 300 g/mol. The molecule has 5 heteroatoms. The number of rotatable bonds is 5. The molecule has 124 valence electrons. The van der Waals surface area contributed by atoms with Crippen molar-refractivity contribution in [2.24, 2.45) is 0 Å². The molecular formula is C17H27ClN2O2.